The molecule has 8 heteroatoms. The van der Waals surface area contributed by atoms with Crippen LogP contribution in [-0.2, 0) is 16.4 Å². The van der Waals surface area contributed by atoms with Crippen molar-refractivity contribution >= 4 is 15.9 Å². The quantitative estimate of drug-likeness (QED) is 0.657. The summed E-state index contributed by atoms with van der Waals surface area (Å²) in [5.74, 6) is -0.597. The Morgan fingerprint density at radius 2 is 1.77 bits per heavy atom. The number of carbonyl (C=O) groups is 1. The van der Waals surface area contributed by atoms with Gasteiger partial charge in [-0.3, -0.25) is 4.79 Å². The van der Waals surface area contributed by atoms with Crippen molar-refractivity contribution in [3.05, 3.63) is 78.1 Å². The summed E-state index contributed by atoms with van der Waals surface area (Å²) in [6.45, 7) is 0.265. The number of nitrogens with two attached hydrogens (primary N) is 1. The number of hydrogen-bond acceptors (Lipinski definition) is 4. The van der Waals surface area contributed by atoms with Crippen molar-refractivity contribution in [3.63, 3.8) is 0 Å². The largest absolute Gasteiger partial charge is 0.366 e. The molecule has 0 aliphatic rings. The van der Waals surface area contributed by atoms with Gasteiger partial charge in [-0.2, -0.15) is 5.10 Å². The SMILES string of the molecule is NC(=O)c1ccc(S(=O)(=O)NCCc2ccc(-n3cccn3)cc2)cc1. The summed E-state index contributed by atoms with van der Waals surface area (Å²) in [5.41, 5.74) is 7.36. The standard InChI is InChI=1S/C18H18N4O3S/c19-18(23)15-4-8-17(9-5-15)26(24,25)21-12-10-14-2-6-16(7-3-14)22-13-1-11-20-22/h1-9,11,13,21H,10,12H2,(H2,19,23). The lowest BCUT2D eigenvalue weighted by Crippen LogP contribution is -2.26. The average molecular weight is 370 g/mol. The zero-order chi connectivity index (χ0) is 18.6. The Labute approximate surface area is 151 Å². The number of primary amides is 1. The highest BCUT2D eigenvalue weighted by Gasteiger charge is 2.13. The molecule has 1 amide bonds. The van der Waals surface area contributed by atoms with Gasteiger partial charge in [0.05, 0.1) is 10.6 Å². The van der Waals surface area contributed by atoms with E-state index in [0.717, 1.165) is 11.3 Å². The second-order valence-electron chi connectivity index (χ2n) is 5.65. The zero-order valence-electron chi connectivity index (χ0n) is 13.9. The van der Waals surface area contributed by atoms with E-state index in [4.69, 9.17) is 5.73 Å². The third-order valence-electron chi connectivity index (χ3n) is 3.86. The summed E-state index contributed by atoms with van der Waals surface area (Å²) in [6.07, 6.45) is 4.11. The van der Waals surface area contributed by atoms with Gasteiger partial charge in [0, 0.05) is 24.5 Å². The highest BCUT2D eigenvalue weighted by Crippen LogP contribution is 2.12. The van der Waals surface area contributed by atoms with Gasteiger partial charge in [-0.15, -0.1) is 0 Å². The average Bonchev–Trinajstić information content (AvgIpc) is 3.17. The molecule has 0 unspecified atom stereocenters. The van der Waals surface area contributed by atoms with Crippen LogP contribution in [0.15, 0.2) is 71.9 Å². The molecule has 0 radical (unpaired) electrons. The third-order valence-corrected chi connectivity index (χ3v) is 5.34. The molecular formula is C18H18N4O3S. The van der Waals surface area contributed by atoms with E-state index >= 15 is 0 Å². The Kier molecular flexibility index (Phi) is 5.15. The summed E-state index contributed by atoms with van der Waals surface area (Å²) in [5, 5.41) is 4.16. The monoisotopic (exact) mass is 370 g/mol. The van der Waals surface area contributed by atoms with Crippen molar-refractivity contribution in [1.82, 2.24) is 14.5 Å². The van der Waals surface area contributed by atoms with E-state index in [0.29, 0.717) is 6.42 Å². The summed E-state index contributed by atoms with van der Waals surface area (Å²) in [7, 11) is -3.63. The van der Waals surface area contributed by atoms with E-state index < -0.39 is 15.9 Å². The van der Waals surface area contributed by atoms with Gasteiger partial charge in [0.15, 0.2) is 0 Å². The minimum Gasteiger partial charge on any atom is -0.366 e. The molecule has 1 heterocycles. The van der Waals surface area contributed by atoms with Crippen molar-refractivity contribution in [3.8, 4) is 5.69 Å². The Hall–Kier alpha value is -2.97. The molecule has 0 atom stereocenters. The molecular weight excluding hydrogens is 352 g/mol. The van der Waals surface area contributed by atoms with E-state index in [1.165, 1.54) is 24.3 Å². The van der Waals surface area contributed by atoms with Crippen LogP contribution in [-0.4, -0.2) is 30.7 Å². The van der Waals surface area contributed by atoms with E-state index in [1.807, 2.05) is 36.5 Å². The fourth-order valence-corrected chi connectivity index (χ4v) is 3.48. The number of carbonyl (C=O) groups excluding carboxylic acids is 1. The lowest BCUT2D eigenvalue weighted by molar-refractivity contribution is 0.1000. The van der Waals surface area contributed by atoms with Crippen LogP contribution in [0.5, 0.6) is 0 Å². The van der Waals surface area contributed by atoms with E-state index in [9.17, 15) is 13.2 Å². The first-order chi connectivity index (χ1) is 12.5. The molecule has 0 saturated carbocycles. The number of amides is 1. The van der Waals surface area contributed by atoms with Gasteiger partial charge in [0.2, 0.25) is 15.9 Å². The van der Waals surface area contributed by atoms with Crippen LogP contribution >= 0.6 is 0 Å². The fraction of sp³-hybridized carbons (Fsp3) is 0.111. The van der Waals surface area contributed by atoms with Crippen LogP contribution in [0.4, 0.5) is 0 Å². The predicted molar refractivity (Wildman–Crippen MR) is 97.4 cm³/mol. The van der Waals surface area contributed by atoms with Crippen LogP contribution in [0.25, 0.3) is 5.69 Å². The van der Waals surface area contributed by atoms with E-state index in [-0.39, 0.29) is 17.0 Å². The molecule has 3 rings (SSSR count). The molecule has 2 aromatic carbocycles. The molecule has 0 saturated heterocycles. The van der Waals surface area contributed by atoms with Crippen molar-refractivity contribution in [2.24, 2.45) is 5.73 Å². The Morgan fingerprint density at radius 1 is 1.08 bits per heavy atom. The highest BCUT2D eigenvalue weighted by atomic mass is 32.2. The first-order valence-electron chi connectivity index (χ1n) is 7.94. The molecule has 0 aliphatic carbocycles. The molecule has 1 aromatic heterocycles. The van der Waals surface area contributed by atoms with Gasteiger partial charge < -0.3 is 5.73 Å². The summed E-state index contributed by atoms with van der Waals surface area (Å²) in [4.78, 5) is 11.1. The van der Waals surface area contributed by atoms with Crippen LogP contribution in [0, 0.1) is 0 Å². The summed E-state index contributed by atoms with van der Waals surface area (Å²) >= 11 is 0. The lowest BCUT2D eigenvalue weighted by atomic mass is 10.1. The van der Waals surface area contributed by atoms with Crippen LogP contribution in [0.3, 0.4) is 0 Å². The van der Waals surface area contributed by atoms with Crippen molar-refractivity contribution in [1.29, 1.82) is 0 Å². The van der Waals surface area contributed by atoms with Gasteiger partial charge in [0.25, 0.3) is 0 Å². The molecule has 7 nitrogen and oxygen atoms in total. The van der Waals surface area contributed by atoms with Crippen molar-refractivity contribution in [2.75, 3.05) is 6.54 Å². The summed E-state index contributed by atoms with van der Waals surface area (Å²) in [6, 6.07) is 15.1. The molecule has 3 N–H and O–H groups in total. The number of hydrogen-bond donors (Lipinski definition) is 2. The van der Waals surface area contributed by atoms with Crippen LogP contribution in [0.1, 0.15) is 15.9 Å². The minimum atomic E-state index is -3.63. The highest BCUT2D eigenvalue weighted by molar-refractivity contribution is 7.89. The van der Waals surface area contributed by atoms with Gasteiger partial charge >= 0.3 is 0 Å². The maximum atomic E-state index is 12.3. The number of nitrogens with one attached hydrogen (secondary N) is 1. The number of aromatic nitrogens is 2. The fourth-order valence-electron chi connectivity index (χ4n) is 2.45. The Balaban J connectivity index is 1.59. The maximum absolute atomic E-state index is 12.3. The Bertz CT molecular complexity index is 980. The van der Waals surface area contributed by atoms with Gasteiger partial charge in [-0.1, -0.05) is 12.1 Å². The van der Waals surface area contributed by atoms with Gasteiger partial charge in [-0.25, -0.2) is 17.8 Å². The van der Waals surface area contributed by atoms with E-state index in [1.54, 1.807) is 10.9 Å². The Morgan fingerprint density at radius 3 is 2.35 bits per heavy atom. The van der Waals surface area contributed by atoms with Crippen molar-refractivity contribution < 1.29 is 13.2 Å². The number of sulfonamides is 1. The smallest absolute Gasteiger partial charge is 0.248 e. The van der Waals surface area contributed by atoms with Crippen LogP contribution in [0.2, 0.25) is 0 Å². The summed E-state index contributed by atoms with van der Waals surface area (Å²) < 4.78 is 28.9. The second kappa shape index (κ2) is 7.51. The number of rotatable bonds is 7. The molecule has 0 aliphatic heterocycles. The molecule has 0 spiro atoms. The van der Waals surface area contributed by atoms with Gasteiger partial charge in [-0.05, 0) is 54.4 Å². The first-order valence-corrected chi connectivity index (χ1v) is 9.42. The third kappa shape index (κ3) is 4.16. The van der Waals surface area contributed by atoms with Gasteiger partial charge in [0.1, 0.15) is 0 Å². The minimum absolute atomic E-state index is 0.0940. The molecule has 0 fully saturated rings. The topological polar surface area (TPSA) is 107 Å². The number of benzene rings is 2. The maximum Gasteiger partial charge on any atom is 0.248 e. The van der Waals surface area contributed by atoms with E-state index in [2.05, 4.69) is 9.82 Å². The molecule has 134 valence electrons. The normalized spacial score (nSPS) is 11.4. The van der Waals surface area contributed by atoms with Crippen LogP contribution < -0.4 is 10.5 Å². The van der Waals surface area contributed by atoms with Crippen molar-refractivity contribution in [2.45, 2.75) is 11.3 Å². The molecule has 26 heavy (non-hydrogen) atoms. The number of nitrogens with zero attached hydrogens (tertiary/aromatic N) is 2. The molecule has 0 bridgehead atoms. The molecule has 3 aromatic rings. The zero-order valence-corrected chi connectivity index (χ0v) is 14.7. The predicted octanol–water partition coefficient (Wildman–Crippen LogP) is 1.49. The second-order valence-corrected chi connectivity index (χ2v) is 7.42. The first kappa shape index (κ1) is 17.8. The lowest BCUT2D eigenvalue weighted by Gasteiger charge is -2.08.